The molecule has 0 atom stereocenters. The van der Waals surface area contributed by atoms with Crippen molar-refractivity contribution in [2.24, 2.45) is 0 Å². The fraction of sp³-hybridized carbons (Fsp3) is 0.500. The summed E-state index contributed by atoms with van der Waals surface area (Å²) in [7, 11) is 1.71. The van der Waals surface area contributed by atoms with Gasteiger partial charge in [-0.3, -0.25) is 9.89 Å². The van der Waals surface area contributed by atoms with E-state index < -0.39 is 0 Å². The number of nitrogens with one attached hydrogen (secondary N) is 1. The van der Waals surface area contributed by atoms with Crippen molar-refractivity contribution < 1.29 is 4.79 Å². The van der Waals surface area contributed by atoms with Crippen molar-refractivity contribution >= 4 is 5.91 Å². The Hall–Kier alpha value is -1.39. The fourth-order valence-electron chi connectivity index (χ4n) is 0.643. The van der Waals surface area contributed by atoms with Crippen LogP contribution in [0, 0.1) is 0 Å². The summed E-state index contributed by atoms with van der Waals surface area (Å²) in [5.74, 6) is 0.712. The van der Waals surface area contributed by atoms with Crippen molar-refractivity contribution in [3.05, 3.63) is 12.2 Å². The average molecular weight is 154 g/mol. The summed E-state index contributed by atoms with van der Waals surface area (Å²) in [5.41, 5.74) is 0. The zero-order chi connectivity index (χ0) is 8.27. The molecule has 0 aliphatic heterocycles. The van der Waals surface area contributed by atoms with Gasteiger partial charge in [-0.2, -0.15) is 5.10 Å². The third-order valence-corrected chi connectivity index (χ3v) is 1.39. The van der Waals surface area contributed by atoms with Crippen LogP contribution in [-0.4, -0.2) is 33.0 Å². The van der Waals surface area contributed by atoms with Gasteiger partial charge in [0, 0.05) is 14.0 Å². The van der Waals surface area contributed by atoms with Crippen molar-refractivity contribution in [1.82, 2.24) is 20.1 Å². The van der Waals surface area contributed by atoms with E-state index in [2.05, 4.69) is 15.2 Å². The topological polar surface area (TPSA) is 61.9 Å². The van der Waals surface area contributed by atoms with E-state index in [-0.39, 0.29) is 5.91 Å². The number of carbonyl (C=O) groups is 1. The van der Waals surface area contributed by atoms with Gasteiger partial charge in [0.05, 0.1) is 6.54 Å². The van der Waals surface area contributed by atoms with E-state index in [1.165, 1.54) is 13.3 Å². The molecular formula is C6H10N4O. The van der Waals surface area contributed by atoms with Crippen LogP contribution in [0.15, 0.2) is 6.33 Å². The van der Waals surface area contributed by atoms with Gasteiger partial charge in [0.25, 0.3) is 0 Å². The molecule has 60 valence electrons. The van der Waals surface area contributed by atoms with Crippen molar-refractivity contribution in [2.45, 2.75) is 13.5 Å². The maximum Gasteiger partial charge on any atom is 0.219 e. The number of aromatic amines is 1. The first-order valence-corrected chi connectivity index (χ1v) is 3.26. The highest BCUT2D eigenvalue weighted by molar-refractivity contribution is 5.72. The first-order chi connectivity index (χ1) is 5.20. The van der Waals surface area contributed by atoms with Crippen LogP contribution in [0.25, 0.3) is 0 Å². The third kappa shape index (κ3) is 2.03. The molecule has 0 saturated heterocycles. The summed E-state index contributed by atoms with van der Waals surface area (Å²) >= 11 is 0. The minimum Gasteiger partial charge on any atom is -0.338 e. The lowest BCUT2D eigenvalue weighted by atomic mass is 10.5. The van der Waals surface area contributed by atoms with Gasteiger partial charge in [0.15, 0.2) is 0 Å². The molecule has 1 heterocycles. The van der Waals surface area contributed by atoms with E-state index in [4.69, 9.17) is 0 Å². The Morgan fingerprint density at radius 2 is 2.55 bits per heavy atom. The Morgan fingerprint density at radius 1 is 1.82 bits per heavy atom. The first kappa shape index (κ1) is 7.71. The predicted molar refractivity (Wildman–Crippen MR) is 38.5 cm³/mol. The third-order valence-electron chi connectivity index (χ3n) is 1.39. The van der Waals surface area contributed by atoms with Crippen LogP contribution in [0.1, 0.15) is 12.7 Å². The molecule has 1 N–H and O–H groups in total. The lowest BCUT2D eigenvalue weighted by molar-refractivity contribution is -0.128. The predicted octanol–water partition coefficient (Wildman–Crippen LogP) is -0.217. The van der Waals surface area contributed by atoms with Crippen LogP contribution in [0.4, 0.5) is 0 Å². The van der Waals surface area contributed by atoms with E-state index in [1.54, 1.807) is 11.9 Å². The van der Waals surface area contributed by atoms with Crippen molar-refractivity contribution in [2.75, 3.05) is 7.05 Å². The monoisotopic (exact) mass is 154 g/mol. The summed E-state index contributed by atoms with van der Waals surface area (Å²) in [6.07, 6.45) is 1.42. The maximum absolute atomic E-state index is 10.7. The zero-order valence-electron chi connectivity index (χ0n) is 6.53. The molecule has 0 aliphatic carbocycles. The lowest BCUT2D eigenvalue weighted by Gasteiger charge is -2.11. The van der Waals surface area contributed by atoms with Crippen LogP contribution < -0.4 is 0 Å². The van der Waals surface area contributed by atoms with Gasteiger partial charge < -0.3 is 4.90 Å². The molecule has 0 aromatic carbocycles. The Bertz CT molecular complexity index is 231. The quantitative estimate of drug-likeness (QED) is 0.640. The van der Waals surface area contributed by atoms with E-state index in [0.717, 1.165) is 0 Å². The molecule has 0 fully saturated rings. The molecule has 0 radical (unpaired) electrons. The second-order valence-corrected chi connectivity index (χ2v) is 2.31. The van der Waals surface area contributed by atoms with Crippen molar-refractivity contribution in [1.29, 1.82) is 0 Å². The largest absolute Gasteiger partial charge is 0.338 e. The highest BCUT2D eigenvalue weighted by atomic mass is 16.2. The summed E-state index contributed by atoms with van der Waals surface area (Å²) in [6, 6.07) is 0. The minimum absolute atomic E-state index is 0.0152. The molecule has 1 rings (SSSR count). The van der Waals surface area contributed by atoms with Gasteiger partial charge in [-0.25, -0.2) is 4.98 Å². The summed E-state index contributed by atoms with van der Waals surface area (Å²) < 4.78 is 0. The Kier molecular flexibility index (Phi) is 2.20. The van der Waals surface area contributed by atoms with E-state index in [0.29, 0.717) is 12.4 Å². The number of rotatable bonds is 2. The Morgan fingerprint density at radius 3 is 3.00 bits per heavy atom. The minimum atomic E-state index is 0.0152. The molecule has 11 heavy (non-hydrogen) atoms. The number of aromatic nitrogens is 3. The maximum atomic E-state index is 10.7. The summed E-state index contributed by atoms with van der Waals surface area (Å²) in [4.78, 5) is 16.2. The van der Waals surface area contributed by atoms with Crippen LogP contribution in [0.2, 0.25) is 0 Å². The van der Waals surface area contributed by atoms with Gasteiger partial charge in [-0.15, -0.1) is 0 Å². The molecule has 0 spiro atoms. The highest BCUT2D eigenvalue weighted by Gasteiger charge is 2.03. The van der Waals surface area contributed by atoms with Gasteiger partial charge >= 0.3 is 0 Å². The Balaban J connectivity index is 2.50. The van der Waals surface area contributed by atoms with Gasteiger partial charge in [0.1, 0.15) is 12.2 Å². The number of amides is 1. The van der Waals surface area contributed by atoms with Gasteiger partial charge in [0.2, 0.25) is 5.91 Å². The van der Waals surface area contributed by atoms with Crippen LogP contribution in [-0.2, 0) is 11.3 Å². The summed E-state index contributed by atoms with van der Waals surface area (Å²) in [5, 5.41) is 6.33. The second kappa shape index (κ2) is 3.14. The van der Waals surface area contributed by atoms with Crippen LogP contribution >= 0.6 is 0 Å². The molecule has 1 aromatic heterocycles. The van der Waals surface area contributed by atoms with Gasteiger partial charge in [-0.1, -0.05) is 0 Å². The van der Waals surface area contributed by atoms with Crippen LogP contribution in [0.5, 0.6) is 0 Å². The normalized spacial score (nSPS) is 9.64. The van der Waals surface area contributed by atoms with Crippen molar-refractivity contribution in [3.8, 4) is 0 Å². The molecule has 0 bridgehead atoms. The fourth-order valence-corrected chi connectivity index (χ4v) is 0.643. The zero-order valence-corrected chi connectivity index (χ0v) is 6.53. The lowest BCUT2D eigenvalue weighted by Crippen LogP contribution is -2.23. The first-order valence-electron chi connectivity index (χ1n) is 3.26. The smallest absolute Gasteiger partial charge is 0.219 e. The molecule has 0 unspecified atom stereocenters. The van der Waals surface area contributed by atoms with Gasteiger partial charge in [-0.05, 0) is 0 Å². The van der Waals surface area contributed by atoms with Crippen LogP contribution in [0.3, 0.4) is 0 Å². The van der Waals surface area contributed by atoms with E-state index in [1.807, 2.05) is 0 Å². The van der Waals surface area contributed by atoms with E-state index >= 15 is 0 Å². The standard InChI is InChI=1S/C6H10N4O/c1-5(11)10(2)3-6-7-4-8-9-6/h4H,3H2,1-2H3,(H,7,8,9). The number of hydrogen-bond donors (Lipinski definition) is 1. The highest BCUT2D eigenvalue weighted by Crippen LogP contribution is 1.92. The molecule has 1 aromatic rings. The van der Waals surface area contributed by atoms with E-state index in [9.17, 15) is 4.79 Å². The number of hydrogen-bond acceptors (Lipinski definition) is 3. The number of carbonyl (C=O) groups excluding carboxylic acids is 1. The molecule has 0 saturated carbocycles. The second-order valence-electron chi connectivity index (χ2n) is 2.31. The number of H-pyrrole nitrogens is 1. The SMILES string of the molecule is CC(=O)N(C)Cc1ncn[nH]1. The molecule has 5 heteroatoms. The summed E-state index contributed by atoms with van der Waals surface area (Å²) in [6.45, 7) is 1.99. The molecule has 0 aliphatic rings. The number of nitrogens with zero attached hydrogens (tertiary/aromatic N) is 3. The molecule has 1 amide bonds. The molecular weight excluding hydrogens is 144 g/mol. The molecule has 5 nitrogen and oxygen atoms in total. The van der Waals surface area contributed by atoms with Crippen molar-refractivity contribution in [3.63, 3.8) is 0 Å². The Labute approximate surface area is 64.4 Å². The average Bonchev–Trinajstić information content (AvgIpc) is 2.39.